The summed E-state index contributed by atoms with van der Waals surface area (Å²) in [4.78, 5) is 8.50. The molecule has 0 unspecified atom stereocenters. The molecule has 0 aromatic carbocycles. The maximum Gasteiger partial charge on any atom is 0.141 e. The first-order chi connectivity index (χ1) is 8.93. The van der Waals surface area contributed by atoms with Gasteiger partial charge in [-0.1, -0.05) is 0 Å². The van der Waals surface area contributed by atoms with E-state index >= 15 is 0 Å². The van der Waals surface area contributed by atoms with Crippen LogP contribution in [0, 0.1) is 0 Å². The molecule has 90 valence electrons. The third-order valence-electron chi connectivity index (χ3n) is 2.81. The smallest absolute Gasteiger partial charge is 0.141 e. The van der Waals surface area contributed by atoms with Crippen LogP contribution in [-0.4, -0.2) is 14.5 Å². The summed E-state index contributed by atoms with van der Waals surface area (Å²) in [6.45, 7) is 0.845. The molecule has 18 heavy (non-hydrogen) atoms. The molecular formula is C14H13N3O. The summed E-state index contributed by atoms with van der Waals surface area (Å²) < 4.78 is 7.44. The molecule has 3 aromatic rings. The highest BCUT2D eigenvalue weighted by Crippen LogP contribution is 2.16. The molecule has 0 spiro atoms. The number of nitrogens with zero attached hydrogens (tertiary/aromatic N) is 3. The van der Waals surface area contributed by atoms with Crippen molar-refractivity contribution in [3.63, 3.8) is 0 Å². The Hall–Kier alpha value is -2.36. The molecule has 0 bridgehead atoms. The van der Waals surface area contributed by atoms with Crippen LogP contribution >= 0.6 is 0 Å². The van der Waals surface area contributed by atoms with Crippen LogP contribution in [0.4, 0.5) is 0 Å². The third-order valence-corrected chi connectivity index (χ3v) is 2.81. The summed E-state index contributed by atoms with van der Waals surface area (Å²) in [7, 11) is 0. The number of pyridine rings is 1. The average molecular weight is 239 g/mol. The van der Waals surface area contributed by atoms with Crippen molar-refractivity contribution in [3.05, 3.63) is 61.1 Å². The Labute approximate surface area is 105 Å². The van der Waals surface area contributed by atoms with Gasteiger partial charge in [0.2, 0.25) is 0 Å². The van der Waals surface area contributed by atoms with Gasteiger partial charge >= 0.3 is 0 Å². The highest BCUT2D eigenvalue weighted by molar-refractivity contribution is 5.53. The molecule has 3 aromatic heterocycles. The fraction of sp³-hybridized carbons (Fsp3) is 0.143. The zero-order chi connectivity index (χ0) is 12.2. The molecule has 0 saturated heterocycles. The van der Waals surface area contributed by atoms with E-state index in [1.54, 1.807) is 12.5 Å². The van der Waals surface area contributed by atoms with Gasteiger partial charge in [0.25, 0.3) is 0 Å². The first-order valence-electron chi connectivity index (χ1n) is 5.87. The van der Waals surface area contributed by atoms with Crippen molar-refractivity contribution in [1.82, 2.24) is 14.5 Å². The van der Waals surface area contributed by atoms with Crippen molar-refractivity contribution >= 4 is 0 Å². The lowest BCUT2D eigenvalue weighted by molar-refractivity contribution is 0.492. The van der Waals surface area contributed by atoms with E-state index in [0.717, 1.165) is 30.1 Å². The number of hydrogen-bond donors (Lipinski definition) is 0. The topological polar surface area (TPSA) is 43.9 Å². The van der Waals surface area contributed by atoms with Crippen molar-refractivity contribution in [2.24, 2.45) is 0 Å². The van der Waals surface area contributed by atoms with Gasteiger partial charge in [0.05, 0.1) is 6.26 Å². The Balaban J connectivity index is 1.80. The van der Waals surface area contributed by atoms with Crippen LogP contribution in [0.5, 0.6) is 0 Å². The number of rotatable bonds is 4. The molecule has 3 heterocycles. The lowest BCUT2D eigenvalue weighted by Crippen LogP contribution is -2.02. The highest BCUT2D eigenvalue weighted by Gasteiger charge is 2.06. The van der Waals surface area contributed by atoms with Crippen LogP contribution in [0.3, 0.4) is 0 Å². The number of imidazole rings is 1. The van der Waals surface area contributed by atoms with Crippen LogP contribution in [-0.2, 0) is 13.0 Å². The molecule has 0 aliphatic rings. The van der Waals surface area contributed by atoms with E-state index in [2.05, 4.69) is 14.5 Å². The summed E-state index contributed by atoms with van der Waals surface area (Å²) in [5.41, 5.74) is 1.03. The van der Waals surface area contributed by atoms with E-state index in [1.807, 2.05) is 42.9 Å². The quantitative estimate of drug-likeness (QED) is 0.703. The van der Waals surface area contributed by atoms with Crippen LogP contribution < -0.4 is 0 Å². The van der Waals surface area contributed by atoms with E-state index in [0.29, 0.717) is 0 Å². The zero-order valence-electron chi connectivity index (χ0n) is 9.86. The van der Waals surface area contributed by atoms with E-state index in [4.69, 9.17) is 4.42 Å². The Morgan fingerprint density at radius 3 is 2.94 bits per heavy atom. The summed E-state index contributed by atoms with van der Waals surface area (Å²) in [6, 6.07) is 7.82. The number of hydrogen-bond acceptors (Lipinski definition) is 3. The first kappa shape index (κ1) is 10.8. The minimum absolute atomic E-state index is 0.845. The van der Waals surface area contributed by atoms with E-state index in [1.165, 1.54) is 0 Å². The van der Waals surface area contributed by atoms with Gasteiger partial charge in [-0.15, -0.1) is 0 Å². The first-order valence-corrected chi connectivity index (χ1v) is 5.87. The average Bonchev–Trinajstić information content (AvgIpc) is 3.09. The Morgan fingerprint density at radius 2 is 2.17 bits per heavy atom. The number of furan rings is 1. The summed E-state index contributed by atoms with van der Waals surface area (Å²) in [5.74, 6) is 1.93. The summed E-state index contributed by atoms with van der Waals surface area (Å²) in [6.07, 6.45) is 9.93. The molecule has 0 aliphatic heterocycles. The molecule has 0 amide bonds. The minimum Gasteiger partial charge on any atom is -0.469 e. The monoisotopic (exact) mass is 239 g/mol. The van der Waals surface area contributed by atoms with Gasteiger partial charge in [-0.3, -0.25) is 4.98 Å². The number of aryl methyl sites for hydroxylation is 2. The maximum absolute atomic E-state index is 5.33. The summed E-state index contributed by atoms with van der Waals surface area (Å²) in [5, 5.41) is 0. The van der Waals surface area contributed by atoms with Gasteiger partial charge in [0, 0.05) is 43.3 Å². The molecule has 4 nitrogen and oxygen atoms in total. The highest BCUT2D eigenvalue weighted by atomic mass is 16.3. The van der Waals surface area contributed by atoms with Gasteiger partial charge in [-0.25, -0.2) is 4.98 Å². The molecule has 0 radical (unpaired) electrons. The molecule has 0 N–H and O–H groups in total. The third kappa shape index (κ3) is 2.18. The largest absolute Gasteiger partial charge is 0.469 e. The van der Waals surface area contributed by atoms with E-state index in [9.17, 15) is 0 Å². The van der Waals surface area contributed by atoms with Gasteiger partial charge in [0.15, 0.2) is 0 Å². The standard InChI is InChI=1S/C14H13N3O/c1-3-12(11-15-6-1)14-16-7-9-17(14)8-5-13-4-2-10-18-13/h1-4,6-7,9-11H,5,8H2. The molecule has 4 heteroatoms. The number of aromatic nitrogens is 3. The molecule has 0 aliphatic carbocycles. The molecule has 0 saturated carbocycles. The van der Waals surface area contributed by atoms with Gasteiger partial charge in [0.1, 0.15) is 11.6 Å². The second-order valence-corrected chi connectivity index (χ2v) is 4.02. The predicted octanol–water partition coefficient (Wildman–Crippen LogP) is 2.78. The van der Waals surface area contributed by atoms with Crippen LogP contribution in [0.25, 0.3) is 11.4 Å². The Morgan fingerprint density at radius 1 is 1.17 bits per heavy atom. The van der Waals surface area contributed by atoms with Gasteiger partial charge in [-0.05, 0) is 24.3 Å². The zero-order valence-corrected chi connectivity index (χ0v) is 9.86. The van der Waals surface area contributed by atoms with E-state index < -0.39 is 0 Å². The van der Waals surface area contributed by atoms with Crippen molar-refractivity contribution in [1.29, 1.82) is 0 Å². The van der Waals surface area contributed by atoms with Crippen LogP contribution in [0.2, 0.25) is 0 Å². The maximum atomic E-state index is 5.33. The van der Waals surface area contributed by atoms with Gasteiger partial charge in [-0.2, -0.15) is 0 Å². The van der Waals surface area contributed by atoms with Crippen molar-refractivity contribution in [2.75, 3.05) is 0 Å². The predicted molar refractivity (Wildman–Crippen MR) is 67.9 cm³/mol. The fourth-order valence-corrected chi connectivity index (χ4v) is 1.93. The van der Waals surface area contributed by atoms with Crippen LogP contribution in [0.15, 0.2) is 59.7 Å². The van der Waals surface area contributed by atoms with Crippen LogP contribution in [0.1, 0.15) is 5.76 Å². The fourth-order valence-electron chi connectivity index (χ4n) is 1.93. The lowest BCUT2D eigenvalue weighted by atomic mass is 10.2. The molecule has 0 atom stereocenters. The second kappa shape index (κ2) is 4.87. The van der Waals surface area contributed by atoms with Crippen molar-refractivity contribution in [2.45, 2.75) is 13.0 Å². The second-order valence-electron chi connectivity index (χ2n) is 4.02. The van der Waals surface area contributed by atoms with Crippen molar-refractivity contribution < 1.29 is 4.42 Å². The van der Waals surface area contributed by atoms with E-state index in [-0.39, 0.29) is 0 Å². The Kier molecular flexibility index (Phi) is 2.92. The van der Waals surface area contributed by atoms with Gasteiger partial charge < -0.3 is 8.98 Å². The molecule has 3 rings (SSSR count). The van der Waals surface area contributed by atoms with Crippen molar-refractivity contribution in [3.8, 4) is 11.4 Å². The lowest BCUT2D eigenvalue weighted by Gasteiger charge is -2.06. The minimum atomic E-state index is 0.845. The normalized spacial score (nSPS) is 10.7. The molecular weight excluding hydrogens is 226 g/mol. The molecule has 0 fully saturated rings. The summed E-state index contributed by atoms with van der Waals surface area (Å²) >= 11 is 0. The SMILES string of the molecule is c1cncc(-c2nccn2CCc2ccco2)c1. The Bertz CT molecular complexity index is 599.